The van der Waals surface area contributed by atoms with Crippen LogP contribution in [0.15, 0.2) is 78.0 Å². The van der Waals surface area contributed by atoms with E-state index in [-0.39, 0.29) is 12.6 Å². The van der Waals surface area contributed by atoms with E-state index in [0.717, 1.165) is 12.0 Å². The van der Waals surface area contributed by atoms with Crippen LogP contribution in [0.1, 0.15) is 23.9 Å². The van der Waals surface area contributed by atoms with Crippen LogP contribution < -0.4 is 10.6 Å². The number of hydrogen-bond donors (Lipinski definition) is 2. The van der Waals surface area contributed by atoms with Gasteiger partial charge in [0.2, 0.25) is 0 Å². The lowest BCUT2D eigenvalue weighted by Crippen LogP contribution is -2.29. The molecule has 2 N–H and O–H groups in total. The fraction of sp³-hybridized carbons (Fsp3) is 0.160. The van der Waals surface area contributed by atoms with E-state index >= 15 is 0 Å². The summed E-state index contributed by atoms with van der Waals surface area (Å²) in [4.78, 5) is 12.5. The smallest absolute Gasteiger partial charge is 0.319 e. The van der Waals surface area contributed by atoms with Gasteiger partial charge in [0.05, 0.1) is 17.3 Å². The van der Waals surface area contributed by atoms with Crippen LogP contribution in [-0.2, 0) is 18.7 Å². The number of thioether (sulfide) groups is 1. The summed E-state index contributed by atoms with van der Waals surface area (Å²) < 4.78 is 1.83. The van der Waals surface area contributed by atoms with E-state index in [2.05, 4.69) is 39.9 Å². The van der Waals surface area contributed by atoms with Gasteiger partial charge in [0.15, 0.2) is 11.0 Å². The molecule has 1 aromatic heterocycles. The first kappa shape index (κ1) is 24.1. The summed E-state index contributed by atoms with van der Waals surface area (Å²) in [5.74, 6) is 1.25. The van der Waals surface area contributed by atoms with E-state index in [1.807, 2.05) is 47.0 Å². The first-order valence-corrected chi connectivity index (χ1v) is 12.5. The summed E-state index contributed by atoms with van der Waals surface area (Å²) in [6.45, 7) is 2.24. The second-order valence-electron chi connectivity index (χ2n) is 7.46. The first-order valence-electron chi connectivity index (χ1n) is 10.7. The summed E-state index contributed by atoms with van der Waals surface area (Å²) in [6.07, 6.45) is 0.943. The van der Waals surface area contributed by atoms with Gasteiger partial charge in [0, 0.05) is 16.5 Å². The molecule has 6 nitrogen and oxygen atoms in total. The van der Waals surface area contributed by atoms with Crippen molar-refractivity contribution in [2.75, 3.05) is 5.32 Å². The molecule has 2 amide bonds. The zero-order valence-corrected chi connectivity index (χ0v) is 20.8. The molecule has 0 radical (unpaired) electrons. The number of rotatable bonds is 8. The lowest BCUT2D eigenvalue weighted by atomic mass is 10.1. The number of carbonyl (C=O) groups is 1. The minimum absolute atomic E-state index is 0.153. The molecule has 9 heteroatoms. The quantitative estimate of drug-likeness (QED) is 0.256. The average Bonchev–Trinajstić information content (AvgIpc) is 3.26. The van der Waals surface area contributed by atoms with Gasteiger partial charge in [-0.05, 0) is 47.9 Å². The zero-order chi connectivity index (χ0) is 23.9. The fourth-order valence-corrected chi connectivity index (χ4v) is 4.58. The van der Waals surface area contributed by atoms with Crippen molar-refractivity contribution in [3.8, 4) is 5.69 Å². The van der Waals surface area contributed by atoms with Gasteiger partial charge in [0.1, 0.15) is 0 Å². The third-order valence-electron chi connectivity index (χ3n) is 5.09. The Bertz CT molecular complexity index is 1260. The first-order chi connectivity index (χ1) is 16.5. The Morgan fingerprint density at radius 2 is 1.74 bits per heavy atom. The van der Waals surface area contributed by atoms with E-state index in [9.17, 15) is 4.79 Å². The van der Waals surface area contributed by atoms with Crippen molar-refractivity contribution in [1.29, 1.82) is 0 Å². The number of nitrogens with zero attached hydrogens (tertiary/aromatic N) is 3. The molecule has 4 rings (SSSR count). The molecule has 0 aliphatic heterocycles. The van der Waals surface area contributed by atoms with Crippen molar-refractivity contribution in [3.05, 3.63) is 99.8 Å². The molecule has 0 fully saturated rings. The number of halogens is 2. The molecular formula is C25H23Cl2N5OS. The summed E-state index contributed by atoms with van der Waals surface area (Å²) in [7, 11) is 0. The molecule has 0 saturated carbocycles. The Balaban J connectivity index is 1.53. The Morgan fingerprint density at radius 1 is 0.971 bits per heavy atom. The third kappa shape index (κ3) is 6.11. The van der Waals surface area contributed by atoms with Crippen LogP contribution >= 0.6 is 35.0 Å². The van der Waals surface area contributed by atoms with Gasteiger partial charge >= 0.3 is 6.03 Å². The van der Waals surface area contributed by atoms with E-state index < -0.39 is 0 Å². The van der Waals surface area contributed by atoms with Crippen LogP contribution in [0.25, 0.3) is 5.69 Å². The van der Waals surface area contributed by atoms with Gasteiger partial charge in [-0.15, -0.1) is 10.2 Å². The van der Waals surface area contributed by atoms with E-state index in [1.54, 1.807) is 18.2 Å². The Kier molecular flexibility index (Phi) is 8.11. The van der Waals surface area contributed by atoms with Crippen molar-refractivity contribution in [2.45, 2.75) is 30.8 Å². The van der Waals surface area contributed by atoms with Gasteiger partial charge in [-0.25, -0.2) is 4.79 Å². The molecule has 0 saturated heterocycles. The van der Waals surface area contributed by atoms with Gasteiger partial charge in [-0.3, -0.25) is 4.57 Å². The number of hydrogen-bond acceptors (Lipinski definition) is 4. The number of benzene rings is 3. The number of anilines is 1. The molecule has 0 atom stereocenters. The third-order valence-corrected chi connectivity index (χ3v) is 6.64. The lowest BCUT2D eigenvalue weighted by Gasteiger charge is -2.13. The van der Waals surface area contributed by atoms with Gasteiger partial charge in [0.25, 0.3) is 0 Å². The standard InChI is InChI=1S/C25H23Cl2N5OS/c1-2-17-8-11-20(12-9-17)29-24(33)28-15-23-30-31-25(34-16-18-6-4-3-5-7-18)32(23)22-14-19(26)10-13-21(22)27/h3-14H,2,15-16H2,1H3,(H2,28,29,33). The van der Waals surface area contributed by atoms with Crippen LogP contribution in [0.5, 0.6) is 0 Å². The summed E-state index contributed by atoms with van der Waals surface area (Å²) in [6, 6.07) is 22.7. The minimum Gasteiger partial charge on any atom is -0.331 e. The molecule has 174 valence electrons. The Labute approximate surface area is 212 Å². The Hall–Kier alpha value is -3.00. The van der Waals surface area contributed by atoms with Gasteiger partial charge < -0.3 is 10.6 Å². The lowest BCUT2D eigenvalue weighted by molar-refractivity contribution is 0.251. The van der Waals surface area contributed by atoms with Crippen LogP contribution in [0.4, 0.5) is 10.5 Å². The second kappa shape index (κ2) is 11.4. The van der Waals surface area contributed by atoms with Gasteiger partial charge in [-0.1, -0.05) is 84.4 Å². The highest BCUT2D eigenvalue weighted by Crippen LogP contribution is 2.31. The van der Waals surface area contributed by atoms with Crippen LogP contribution in [0.3, 0.4) is 0 Å². The molecule has 34 heavy (non-hydrogen) atoms. The summed E-state index contributed by atoms with van der Waals surface area (Å²) in [5.41, 5.74) is 3.74. The van der Waals surface area contributed by atoms with Crippen LogP contribution in [0.2, 0.25) is 10.0 Å². The maximum atomic E-state index is 12.5. The van der Waals surface area contributed by atoms with E-state index in [4.69, 9.17) is 23.2 Å². The SMILES string of the molecule is CCc1ccc(NC(=O)NCc2nnc(SCc3ccccc3)n2-c2cc(Cl)ccc2Cl)cc1. The summed E-state index contributed by atoms with van der Waals surface area (Å²) in [5, 5.41) is 16.1. The number of nitrogens with one attached hydrogen (secondary N) is 2. The highest BCUT2D eigenvalue weighted by atomic mass is 35.5. The van der Waals surface area contributed by atoms with E-state index in [0.29, 0.717) is 38.2 Å². The number of aryl methyl sites for hydroxylation is 1. The van der Waals surface area contributed by atoms with Crippen LogP contribution in [-0.4, -0.2) is 20.8 Å². The van der Waals surface area contributed by atoms with Crippen molar-refractivity contribution in [3.63, 3.8) is 0 Å². The number of urea groups is 1. The maximum absolute atomic E-state index is 12.5. The second-order valence-corrected chi connectivity index (χ2v) is 9.25. The average molecular weight is 512 g/mol. The molecule has 0 unspecified atom stereocenters. The van der Waals surface area contributed by atoms with Crippen molar-refractivity contribution >= 4 is 46.7 Å². The van der Waals surface area contributed by atoms with Crippen molar-refractivity contribution in [2.24, 2.45) is 0 Å². The maximum Gasteiger partial charge on any atom is 0.319 e. The topological polar surface area (TPSA) is 71.8 Å². The summed E-state index contributed by atoms with van der Waals surface area (Å²) >= 11 is 14.3. The van der Waals surface area contributed by atoms with Gasteiger partial charge in [-0.2, -0.15) is 0 Å². The molecule has 0 bridgehead atoms. The fourth-order valence-electron chi connectivity index (χ4n) is 3.29. The minimum atomic E-state index is -0.338. The predicted octanol–water partition coefficient (Wildman–Crippen LogP) is 6.75. The molecular weight excluding hydrogens is 489 g/mol. The molecule has 0 aliphatic carbocycles. The highest BCUT2D eigenvalue weighted by Gasteiger charge is 2.18. The largest absolute Gasteiger partial charge is 0.331 e. The highest BCUT2D eigenvalue weighted by molar-refractivity contribution is 7.98. The molecule has 3 aromatic carbocycles. The number of amides is 2. The molecule has 4 aromatic rings. The predicted molar refractivity (Wildman–Crippen MR) is 139 cm³/mol. The molecule has 1 heterocycles. The normalized spacial score (nSPS) is 10.8. The monoisotopic (exact) mass is 511 g/mol. The van der Waals surface area contributed by atoms with E-state index in [1.165, 1.54) is 17.3 Å². The van der Waals surface area contributed by atoms with Crippen molar-refractivity contribution < 1.29 is 4.79 Å². The zero-order valence-electron chi connectivity index (χ0n) is 18.5. The Morgan fingerprint density at radius 3 is 2.47 bits per heavy atom. The molecule has 0 aliphatic rings. The molecule has 0 spiro atoms. The number of carbonyl (C=O) groups excluding carboxylic acids is 1. The number of aromatic nitrogens is 3. The van der Waals surface area contributed by atoms with Crippen LogP contribution in [0, 0.1) is 0 Å². The van der Waals surface area contributed by atoms with Crippen molar-refractivity contribution in [1.82, 2.24) is 20.1 Å².